The molecule has 0 aromatic heterocycles. The molecule has 0 aliphatic rings. The van der Waals surface area contributed by atoms with Gasteiger partial charge in [-0.1, -0.05) is 0 Å². The van der Waals surface area contributed by atoms with Crippen LogP contribution in [0.1, 0.15) is 69.6 Å². The third kappa shape index (κ3) is 37.8. The van der Waals surface area contributed by atoms with Crippen molar-refractivity contribution in [3.8, 4) is 0 Å². The van der Waals surface area contributed by atoms with Crippen LogP contribution in [0.3, 0.4) is 0 Å². The molecule has 1 aromatic carbocycles. The molecule has 1 aromatic rings. The number of benzene rings is 1. The maximum absolute atomic E-state index is 13.1. The third-order valence-corrected chi connectivity index (χ3v) is 7.93. The number of hydrogen-bond acceptors (Lipinski definition) is 16. The number of hydrogen-bond donors (Lipinski definition) is 7. The van der Waals surface area contributed by atoms with Gasteiger partial charge in [0, 0.05) is 76.0 Å². The summed E-state index contributed by atoms with van der Waals surface area (Å²) in [4.78, 5) is 48.3. The molecule has 0 unspecified atom stereocenters. The van der Waals surface area contributed by atoms with Gasteiger partial charge >= 0.3 is 12.1 Å². The van der Waals surface area contributed by atoms with Crippen molar-refractivity contribution in [2.75, 3.05) is 158 Å². The van der Waals surface area contributed by atoms with E-state index in [1.807, 2.05) is 0 Å². The molecule has 0 bridgehead atoms. The van der Waals surface area contributed by atoms with Crippen LogP contribution in [-0.4, -0.2) is 193 Å². The van der Waals surface area contributed by atoms with Crippen LogP contribution in [0.4, 0.5) is 13.2 Å². The van der Waals surface area contributed by atoms with Crippen LogP contribution in [0.15, 0.2) is 18.2 Å². The molecule has 0 radical (unpaired) electrons. The van der Waals surface area contributed by atoms with Crippen LogP contribution in [-0.2, 0) is 47.4 Å². The first-order valence-corrected chi connectivity index (χ1v) is 21.6. The SMILES string of the molecule is NCCCOCCOCCOCCCNC(=O)c1cc(C(=O)NCCCOCCOCCOCCCN)cc(C(=O)NCCCOCCOCCOCCCN)c1.O=C(O)C(F)(F)F. The van der Waals surface area contributed by atoms with E-state index in [0.717, 1.165) is 19.3 Å². The summed E-state index contributed by atoms with van der Waals surface area (Å²) in [5.41, 5.74) is 16.9. The number of carboxylic acids is 1. The lowest BCUT2D eigenvalue weighted by atomic mass is 10.0. The fourth-order valence-corrected chi connectivity index (χ4v) is 4.64. The van der Waals surface area contributed by atoms with E-state index in [4.69, 9.17) is 69.7 Å². The monoisotopic (exact) mass is 931 g/mol. The van der Waals surface area contributed by atoms with Crippen molar-refractivity contribution >= 4 is 23.7 Å². The second kappa shape index (κ2) is 43.3. The summed E-state index contributed by atoms with van der Waals surface area (Å²) in [6, 6.07) is 4.43. The normalized spacial score (nSPS) is 11.2. The summed E-state index contributed by atoms with van der Waals surface area (Å²) >= 11 is 0. The first kappa shape index (κ1) is 60.4. The Balaban J connectivity index is 0.00000520. The predicted octanol–water partition coefficient (Wildman–Crippen LogP) is 0.875. The number of aliphatic carboxylic acids is 1. The van der Waals surface area contributed by atoms with E-state index >= 15 is 0 Å². The molecule has 0 fully saturated rings. The van der Waals surface area contributed by atoms with E-state index in [-0.39, 0.29) is 16.7 Å². The van der Waals surface area contributed by atoms with Crippen LogP contribution in [0.2, 0.25) is 0 Å². The Kier molecular flexibility index (Phi) is 40.9. The van der Waals surface area contributed by atoms with Crippen LogP contribution < -0.4 is 33.2 Å². The number of carboxylic acid groups (broad SMARTS) is 1. The molecule has 372 valence electrons. The molecule has 0 saturated heterocycles. The molecule has 10 N–H and O–H groups in total. The maximum Gasteiger partial charge on any atom is 0.490 e. The third-order valence-electron chi connectivity index (χ3n) is 7.93. The van der Waals surface area contributed by atoms with Gasteiger partial charge in [-0.2, -0.15) is 13.2 Å². The van der Waals surface area contributed by atoms with Gasteiger partial charge in [-0.15, -0.1) is 0 Å². The number of halogens is 3. The van der Waals surface area contributed by atoms with Crippen molar-refractivity contribution in [2.45, 2.75) is 44.7 Å². The molecule has 23 heteroatoms. The molecule has 20 nitrogen and oxygen atoms in total. The largest absolute Gasteiger partial charge is 0.490 e. The van der Waals surface area contributed by atoms with Crippen LogP contribution in [0, 0.1) is 0 Å². The summed E-state index contributed by atoms with van der Waals surface area (Å²) in [5, 5.41) is 15.7. The zero-order chi connectivity index (χ0) is 47.4. The van der Waals surface area contributed by atoms with E-state index in [1.165, 1.54) is 18.2 Å². The summed E-state index contributed by atoms with van der Waals surface area (Å²) in [6.45, 7) is 11.5. The Morgan fingerprint density at radius 2 is 0.594 bits per heavy atom. The molecule has 0 saturated carbocycles. The number of rotatable bonds is 42. The van der Waals surface area contributed by atoms with Gasteiger partial charge in [-0.3, -0.25) is 14.4 Å². The second-order valence-corrected chi connectivity index (χ2v) is 13.4. The first-order valence-electron chi connectivity index (χ1n) is 21.6. The fourth-order valence-electron chi connectivity index (χ4n) is 4.64. The van der Waals surface area contributed by atoms with Gasteiger partial charge in [0.2, 0.25) is 0 Å². The minimum Gasteiger partial charge on any atom is -0.475 e. The Labute approximate surface area is 374 Å². The quantitative estimate of drug-likeness (QED) is 0.0448. The van der Waals surface area contributed by atoms with E-state index < -0.39 is 29.9 Å². The minimum atomic E-state index is -5.08. The van der Waals surface area contributed by atoms with E-state index in [9.17, 15) is 27.6 Å². The average molecular weight is 931 g/mol. The lowest BCUT2D eigenvalue weighted by molar-refractivity contribution is -0.192. The van der Waals surface area contributed by atoms with E-state index in [1.54, 1.807) is 0 Å². The lowest BCUT2D eigenvalue weighted by Gasteiger charge is -2.12. The van der Waals surface area contributed by atoms with Crippen LogP contribution >= 0.6 is 0 Å². The molecule has 64 heavy (non-hydrogen) atoms. The summed E-state index contributed by atoms with van der Waals surface area (Å²) < 4.78 is 81.0. The number of amides is 3. The first-order chi connectivity index (χ1) is 31.0. The van der Waals surface area contributed by atoms with Crippen molar-refractivity contribution < 1.29 is 80.1 Å². The van der Waals surface area contributed by atoms with Gasteiger partial charge in [-0.25, -0.2) is 4.79 Å². The second-order valence-electron chi connectivity index (χ2n) is 13.4. The highest BCUT2D eigenvalue weighted by molar-refractivity contribution is 6.04. The maximum atomic E-state index is 13.1. The van der Waals surface area contributed by atoms with Gasteiger partial charge in [-0.05, 0) is 76.4 Å². The Morgan fingerprint density at radius 1 is 0.406 bits per heavy atom. The van der Waals surface area contributed by atoms with E-state index in [2.05, 4.69) is 16.0 Å². The number of alkyl halides is 3. The fraction of sp³-hybridized carbons (Fsp3) is 0.756. The molecule has 0 spiro atoms. The molecular formula is C41H73F3N6O14. The van der Waals surface area contributed by atoms with Crippen LogP contribution in [0.5, 0.6) is 0 Å². The Bertz CT molecular complexity index is 1180. The van der Waals surface area contributed by atoms with Crippen molar-refractivity contribution in [1.29, 1.82) is 0 Å². The highest BCUT2D eigenvalue weighted by atomic mass is 19.4. The minimum absolute atomic E-state index is 0.192. The summed E-state index contributed by atoms with van der Waals surface area (Å²) in [6.07, 6.45) is -0.919. The number of carbonyl (C=O) groups excluding carboxylic acids is 3. The summed E-state index contributed by atoms with van der Waals surface area (Å²) in [5.74, 6) is -3.99. The van der Waals surface area contributed by atoms with Gasteiger partial charge in [0.15, 0.2) is 0 Å². The highest BCUT2D eigenvalue weighted by Crippen LogP contribution is 2.13. The molecule has 0 atom stereocenters. The molecule has 0 heterocycles. The van der Waals surface area contributed by atoms with Gasteiger partial charge < -0.3 is 80.9 Å². The summed E-state index contributed by atoms with van der Waals surface area (Å²) in [7, 11) is 0. The zero-order valence-electron chi connectivity index (χ0n) is 37.1. The van der Waals surface area contributed by atoms with Crippen molar-refractivity contribution in [3.63, 3.8) is 0 Å². The Morgan fingerprint density at radius 3 is 0.781 bits per heavy atom. The molecule has 0 aliphatic heterocycles. The standard InChI is InChI=1S/C39H72N6O12.C2HF3O2/c40-7-1-13-49-19-25-55-28-22-52-16-4-10-43-37(46)34-31-35(38(47)44-11-5-17-53-23-29-56-26-20-50-14-2-8-41)33-36(32-34)39(48)45-12-6-18-54-24-30-57-27-21-51-15-3-9-42;3-2(4,5)1(6)7/h31-33H,1-30,40-42H2,(H,43,46)(H,44,47)(H,45,48);(H,6,7). The molecule has 1 rings (SSSR count). The number of nitrogens with two attached hydrogens (primary N) is 3. The van der Waals surface area contributed by atoms with Gasteiger partial charge in [0.05, 0.1) is 79.3 Å². The molecular weight excluding hydrogens is 857 g/mol. The topological polar surface area (TPSA) is 286 Å². The van der Waals surface area contributed by atoms with Gasteiger partial charge in [0.1, 0.15) is 0 Å². The van der Waals surface area contributed by atoms with Crippen molar-refractivity contribution in [2.24, 2.45) is 17.2 Å². The number of nitrogens with one attached hydrogen (secondary N) is 3. The lowest BCUT2D eigenvalue weighted by Crippen LogP contribution is -2.30. The molecule has 0 aliphatic carbocycles. The van der Waals surface area contributed by atoms with Crippen LogP contribution in [0.25, 0.3) is 0 Å². The predicted molar refractivity (Wildman–Crippen MR) is 229 cm³/mol. The smallest absolute Gasteiger partial charge is 0.475 e. The Hall–Kier alpha value is -3.59. The molecule has 3 amide bonds. The number of ether oxygens (including phenoxy) is 9. The van der Waals surface area contributed by atoms with Gasteiger partial charge in [0.25, 0.3) is 17.7 Å². The highest BCUT2D eigenvalue weighted by Gasteiger charge is 2.38. The number of carbonyl (C=O) groups is 4. The zero-order valence-corrected chi connectivity index (χ0v) is 37.1. The average Bonchev–Trinajstić information content (AvgIpc) is 3.27. The van der Waals surface area contributed by atoms with Crippen molar-refractivity contribution in [3.05, 3.63) is 34.9 Å². The van der Waals surface area contributed by atoms with Crippen molar-refractivity contribution in [1.82, 2.24) is 16.0 Å². The van der Waals surface area contributed by atoms with E-state index in [0.29, 0.717) is 177 Å².